The van der Waals surface area contributed by atoms with Crippen molar-refractivity contribution < 1.29 is 9.84 Å². The van der Waals surface area contributed by atoms with Crippen molar-refractivity contribution in [3.05, 3.63) is 16.5 Å². The highest BCUT2D eigenvalue weighted by atomic mass is 35.5. The number of hydrogen-bond donors (Lipinski definition) is 1. The maximum absolute atomic E-state index is 9.71. The highest BCUT2D eigenvalue weighted by Gasteiger charge is 2.45. The fourth-order valence-corrected chi connectivity index (χ4v) is 5.79. The zero-order valence-corrected chi connectivity index (χ0v) is 14.8. The average Bonchev–Trinajstić information content (AvgIpc) is 2.96. The maximum atomic E-state index is 9.71. The van der Waals surface area contributed by atoms with Gasteiger partial charge in [0.1, 0.15) is 5.72 Å². The van der Waals surface area contributed by atoms with E-state index in [2.05, 4.69) is 24.2 Å². The molecule has 1 N–H and O–H groups in total. The maximum Gasteiger partial charge on any atom is 0.125 e. The molecule has 1 aromatic heterocycles. The van der Waals surface area contributed by atoms with E-state index < -0.39 is 0 Å². The number of thiophene rings is 1. The number of rotatable bonds is 3. The summed E-state index contributed by atoms with van der Waals surface area (Å²) in [5, 5.41) is 9.71. The van der Waals surface area contributed by atoms with Crippen LogP contribution >= 0.6 is 34.9 Å². The molecular weight excluding hydrogens is 326 g/mol. The van der Waals surface area contributed by atoms with E-state index in [4.69, 9.17) is 16.3 Å². The van der Waals surface area contributed by atoms with Gasteiger partial charge in [-0.3, -0.25) is 0 Å². The van der Waals surface area contributed by atoms with Gasteiger partial charge in [0.05, 0.1) is 21.3 Å². The highest BCUT2D eigenvalue weighted by molar-refractivity contribution is 7.99. The Kier molecular flexibility index (Phi) is 4.89. The van der Waals surface area contributed by atoms with E-state index in [1.807, 2.05) is 6.07 Å². The minimum absolute atomic E-state index is 0.103. The van der Waals surface area contributed by atoms with Crippen molar-refractivity contribution >= 4 is 34.9 Å². The first kappa shape index (κ1) is 16.1. The normalized spacial score (nSPS) is 33.4. The molecule has 3 rings (SSSR count). The van der Waals surface area contributed by atoms with Crippen molar-refractivity contribution in [2.75, 3.05) is 6.61 Å². The summed E-state index contributed by atoms with van der Waals surface area (Å²) in [6, 6.07) is 4.44. The first-order valence-electron chi connectivity index (χ1n) is 7.50. The van der Waals surface area contributed by atoms with E-state index in [9.17, 15) is 5.11 Å². The quantitative estimate of drug-likeness (QED) is 0.821. The van der Waals surface area contributed by atoms with Crippen LogP contribution in [0.3, 0.4) is 0 Å². The molecule has 0 bridgehead atoms. The highest BCUT2D eigenvalue weighted by Crippen LogP contribution is 2.45. The van der Waals surface area contributed by atoms with E-state index in [1.165, 1.54) is 4.21 Å². The second-order valence-corrected chi connectivity index (χ2v) is 9.36. The molecule has 1 unspecified atom stereocenters. The van der Waals surface area contributed by atoms with Crippen LogP contribution in [0.5, 0.6) is 0 Å². The molecule has 1 aliphatic carbocycles. The predicted octanol–water partition coefficient (Wildman–Crippen LogP) is 4.40. The van der Waals surface area contributed by atoms with Crippen LogP contribution in [-0.2, 0) is 4.74 Å². The Labute approximate surface area is 139 Å². The van der Waals surface area contributed by atoms with Gasteiger partial charge >= 0.3 is 0 Å². The second kappa shape index (κ2) is 6.38. The summed E-state index contributed by atoms with van der Waals surface area (Å²) in [6.07, 6.45) is 3.92. The lowest BCUT2D eigenvalue weighted by molar-refractivity contribution is -0.0125. The lowest BCUT2D eigenvalue weighted by atomic mass is 9.83. The molecule has 3 nitrogen and oxygen atoms in total. The van der Waals surface area contributed by atoms with Crippen LogP contribution in [0.2, 0.25) is 4.34 Å². The first-order chi connectivity index (χ1) is 9.95. The van der Waals surface area contributed by atoms with Gasteiger partial charge in [0, 0.05) is 6.04 Å². The standard InChI is InChI=1S/C15H22ClNO2S2/c1-15(2)17(21-14-8-7-13(16)20-14)12(9-19-15)10-3-5-11(18)6-4-10/h7-8,10-12,18H,3-6,9H2,1-2H3. The van der Waals surface area contributed by atoms with Gasteiger partial charge in [-0.1, -0.05) is 11.6 Å². The number of hydrogen-bond acceptors (Lipinski definition) is 5. The lowest BCUT2D eigenvalue weighted by Gasteiger charge is -2.37. The molecule has 2 aliphatic rings. The van der Waals surface area contributed by atoms with Crippen molar-refractivity contribution in [3.63, 3.8) is 0 Å². The van der Waals surface area contributed by atoms with Crippen LogP contribution in [0.25, 0.3) is 0 Å². The third-order valence-corrected chi connectivity index (χ3v) is 7.18. The fourth-order valence-electron chi connectivity index (χ4n) is 3.26. The topological polar surface area (TPSA) is 32.7 Å². The molecule has 0 radical (unpaired) electrons. The zero-order chi connectivity index (χ0) is 15.0. The summed E-state index contributed by atoms with van der Waals surface area (Å²) in [7, 11) is 0. The van der Waals surface area contributed by atoms with Crippen molar-refractivity contribution in [2.45, 2.75) is 61.6 Å². The monoisotopic (exact) mass is 347 g/mol. The summed E-state index contributed by atoms with van der Waals surface area (Å²) >= 11 is 9.42. The largest absolute Gasteiger partial charge is 0.393 e. The minimum atomic E-state index is -0.262. The minimum Gasteiger partial charge on any atom is -0.393 e. The van der Waals surface area contributed by atoms with Crippen LogP contribution in [0.4, 0.5) is 0 Å². The molecule has 1 saturated carbocycles. The molecule has 21 heavy (non-hydrogen) atoms. The molecule has 0 aromatic carbocycles. The van der Waals surface area contributed by atoms with Crippen LogP contribution in [0.1, 0.15) is 39.5 Å². The van der Waals surface area contributed by atoms with Gasteiger partial charge < -0.3 is 9.84 Å². The molecule has 1 saturated heterocycles. The van der Waals surface area contributed by atoms with Crippen molar-refractivity contribution in [1.29, 1.82) is 0 Å². The van der Waals surface area contributed by atoms with Gasteiger partial charge in [0.25, 0.3) is 0 Å². The molecule has 1 aromatic rings. The molecule has 1 atom stereocenters. The fraction of sp³-hybridized carbons (Fsp3) is 0.733. The zero-order valence-electron chi connectivity index (χ0n) is 12.4. The number of nitrogens with zero attached hydrogens (tertiary/aromatic N) is 1. The van der Waals surface area contributed by atoms with Crippen LogP contribution in [-0.4, -0.2) is 33.9 Å². The predicted molar refractivity (Wildman–Crippen MR) is 88.8 cm³/mol. The van der Waals surface area contributed by atoms with Gasteiger partial charge in [-0.05, 0) is 69.5 Å². The van der Waals surface area contributed by atoms with Gasteiger partial charge in [-0.2, -0.15) is 0 Å². The van der Waals surface area contributed by atoms with E-state index in [1.54, 1.807) is 23.3 Å². The summed E-state index contributed by atoms with van der Waals surface area (Å²) in [5.41, 5.74) is -0.262. The third kappa shape index (κ3) is 3.59. The molecule has 2 fully saturated rings. The van der Waals surface area contributed by atoms with Crippen LogP contribution in [0, 0.1) is 5.92 Å². The van der Waals surface area contributed by atoms with Gasteiger partial charge in [0.2, 0.25) is 0 Å². The summed E-state index contributed by atoms with van der Waals surface area (Å²) < 4.78 is 10.5. The van der Waals surface area contributed by atoms with E-state index >= 15 is 0 Å². The van der Waals surface area contributed by atoms with Gasteiger partial charge in [-0.15, -0.1) is 11.3 Å². The summed E-state index contributed by atoms with van der Waals surface area (Å²) in [6.45, 7) is 5.04. The Hall–Kier alpha value is 0.220. The van der Waals surface area contributed by atoms with Crippen molar-refractivity contribution in [3.8, 4) is 0 Å². The number of ether oxygens (including phenoxy) is 1. The van der Waals surface area contributed by atoms with Gasteiger partial charge in [0.15, 0.2) is 0 Å². The Morgan fingerprint density at radius 2 is 2.05 bits per heavy atom. The van der Waals surface area contributed by atoms with E-state index in [0.29, 0.717) is 12.0 Å². The number of halogens is 1. The molecule has 118 valence electrons. The van der Waals surface area contributed by atoms with Gasteiger partial charge in [-0.25, -0.2) is 4.31 Å². The third-order valence-electron chi connectivity index (χ3n) is 4.46. The summed E-state index contributed by atoms with van der Waals surface area (Å²) in [5.74, 6) is 0.609. The molecule has 6 heteroatoms. The number of aliphatic hydroxyl groups is 1. The molecular formula is C15H22ClNO2S2. The second-order valence-electron chi connectivity index (χ2n) is 6.37. The van der Waals surface area contributed by atoms with E-state index in [0.717, 1.165) is 36.6 Å². The van der Waals surface area contributed by atoms with Crippen molar-refractivity contribution in [2.24, 2.45) is 5.92 Å². The Balaban J connectivity index is 1.73. The van der Waals surface area contributed by atoms with E-state index in [-0.39, 0.29) is 11.8 Å². The SMILES string of the molecule is CC1(C)OCC(C2CCC(O)CC2)N1Sc1ccc(Cl)s1. The van der Waals surface area contributed by atoms with Crippen molar-refractivity contribution in [1.82, 2.24) is 4.31 Å². The molecule has 2 heterocycles. The molecule has 0 amide bonds. The lowest BCUT2D eigenvalue weighted by Crippen LogP contribution is -2.43. The first-order valence-corrected chi connectivity index (χ1v) is 9.47. The van der Waals surface area contributed by atoms with Crippen LogP contribution in [0.15, 0.2) is 16.3 Å². The molecule has 0 spiro atoms. The smallest absolute Gasteiger partial charge is 0.125 e. The van der Waals surface area contributed by atoms with Crippen LogP contribution < -0.4 is 0 Å². The number of aliphatic hydroxyl groups excluding tert-OH is 1. The molecule has 1 aliphatic heterocycles. The average molecular weight is 348 g/mol. The summed E-state index contributed by atoms with van der Waals surface area (Å²) in [4.78, 5) is 0. The Bertz CT molecular complexity index is 486. The Morgan fingerprint density at radius 3 is 2.67 bits per heavy atom. The Morgan fingerprint density at radius 1 is 1.33 bits per heavy atom.